The van der Waals surface area contributed by atoms with Crippen molar-refractivity contribution in [2.45, 2.75) is 12.3 Å². The van der Waals surface area contributed by atoms with Crippen LogP contribution in [0.4, 0.5) is 4.39 Å². The van der Waals surface area contributed by atoms with Gasteiger partial charge in [0, 0.05) is 5.41 Å². The Hall–Kier alpha value is -0.930. The molecule has 0 unspecified atom stereocenters. The zero-order valence-corrected chi connectivity index (χ0v) is 7.50. The number of benzene rings is 1. The standard InChI is InChI=1S/C10H13FO2/c1-10(6-12,7-13)8-4-2-3-5-9(8)11/h2-5,12-13H,6-7H2,1H3. The molecule has 0 radical (unpaired) electrons. The fourth-order valence-electron chi connectivity index (χ4n) is 1.17. The Morgan fingerprint density at radius 3 is 2.23 bits per heavy atom. The molecular formula is C10H13FO2. The smallest absolute Gasteiger partial charge is 0.127 e. The van der Waals surface area contributed by atoms with Crippen molar-refractivity contribution in [1.82, 2.24) is 0 Å². The lowest BCUT2D eigenvalue weighted by Crippen LogP contribution is -2.32. The molecule has 0 atom stereocenters. The van der Waals surface area contributed by atoms with Gasteiger partial charge in [-0.3, -0.25) is 0 Å². The fraction of sp³-hybridized carbons (Fsp3) is 0.400. The number of hydrogen-bond donors (Lipinski definition) is 2. The van der Waals surface area contributed by atoms with Crippen molar-refractivity contribution in [3.8, 4) is 0 Å². The van der Waals surface area contributed by atoms with Crippen LogP contribution in [0.15, 0.2) is 24.3 Å². The number of halogens is 1. The molecule has 0 saturated heterocycles. The van der Waals surface area contributed by atoms with E-state index in [4.69, 9.17) is 10.2 Å². The van der Waals surface area contributed by atoms with E-state index in [9.17, 15) is 4.39 Å². The van der Waals surface area contributed by atoms with Crippen LogP contribution in [0.5, 0.6) is 0 Å². The first kappa shape index (κ1) is 10.2. The minimum absolute atomic E-state index is 0.273. The molecule has 1 rings (SSSR count). The van der Waals surface area contributed by atoms with Crippen LogP contribution < -0.4 is 0 Å². The molecule has 1 aromatic rings. The van der Waals surface area contributed by atoms with Crippen molar-refractivity contribution in [3.05, 3.63) is 35.6 Å². The van der Waals surface area contributed by atoms with Gasteiger partial charge < -0.3 is 10.2 Å². The monoisotopic (exact) mass is 184 g/mol. The van der Waals surface area contributed by atoms with E-state index in [-0.39, 0.29) is 13.2 Å². The van der Waals surface area contributed by atoms with E-state index in [1.54, 1.807) is 25.1 Å². The third-order valence-electron chi connectivity index (χ3n) is 2.22. The van der Waals surface area contributed by atoms with Crippen LogP contribution in [0.1, 0.15) is 12.5 Å². The van der Waals surface area contributed by atoms with E-state index < -0.39 is 11.2 Å². The lowest BCUT2D eigenvalue weighted by Gasteiger charge is -2.25. The Morgan fingerprint density at radius 1 is 1.23 bits per heavy atom. The van der Waals surface area contributed by atoms with E-state index in [1.807, 2.05) is 0 Å². The molecule has 0 heterocycles. The molecule has 2 N–H and O–H groups in total. The summed E-state index contributed by atoms with van der Waals surface area (Å²) < 4.78 is 13.2. The second-order valence-electron chi connectivity index (χ2n) is 3.36. The molecule has 0 amide bonds. The summed E-state index contributed by atoms with van der Waals surface area (Å²) >= 11 is 0. The van der Waals surface area contributed by atoms with Crippen LogP contribution in [0.2, 0.25) is 0 Å². The molecule has 13 heavy (non-hydrogen) atoms. The van der Waals surface area contributed by atoms with E-state index in [0.717, 1.165) is 0 Å². The molecule has 0 bridgehead atoms. The van der Waals surface area contributed by atoms with E-state index >= 15 is 0 Å². The molecule has 0 aliphatic carbocycles. The number of aliphatic hydroxyl groups is 2. The first-order valence-electron chi connectivity index (χ1n) is 4.11. The molecule has 0 aromatic heterocycles. The summed E-state index contributed by atoms with van der Waals surface area (Å²) in [5, 5.41) is 18.1. The summed E-state index contributed by atoms with van der Waals surface area (Å²) in [4.78, 5) is 0. The highest BCUT2D eigenvalue weighted by Crippen LogP contribution is 2.24. The number of rotatable bonds is 3. The van der Waals surface area contributed by atoms with Gasteiger partial charge >= 0.3 is 0 Å². The highest BCUT2D eigenvalue weighted by atomic mass is 19.1. The highest BCUT2D eigenvalue weighted by molar-refractivity contribution is 5.26. The summed E-state index contributed by atoms with van der Waals surface area (Å²) in [6.45, 7) is 1.07. The maximum atomic E-state index is 13.2. The molecule has 0 fully saturated rings. The summed E-state index contributed by atoms with van der Waals surface area (Å²) in [5.41, 5.74) is -0.550. The second-order valence-corrected chi connectivity index (χ2v) is 3.36. The first-order chi connectivity index (χ1) is 6.14. The predicted molar refractivity (Wildman–Crippen MR) is 47.9 cm³/mol. The first-order valence-corrected chi connectivity index (χ1v) is 4.11. The maximum absolute atomic E-state index is 13.2. The molecule has 72 valence electrons. The van der Waals surface area contributed by atoms with Gasteiger partial charge in [-0.1, -0.05) is 25.1 Å². The summed E-state index contributed by atoms with van der Waals surface area (Å²) in [7, 11) is 0. The van der Waals surface area contributed by atoms with Crippen molar-refractivity contribution in [2.24, 2.45) is 0 Å². The molecular weight excluding hydrogens is 171 g/mol. The number of hydrogen-bond acceptors (Lipinski definition) is 2. The zero-order valence-electron chi connectivity index (χ0n) is 7.50. The molecule has 3 heteroatoms. The normalized spacial score (nSPS) is 11.7. The van der Waals surface area contributed by atoms with Crippen molar-refractivity contribution < 1.29 is 14.6 Å². The lowest BCUT2D eigenvalue weighted by molar-refractivity contribution is 0.126. The van der Waals surface area contributed by atoms with E-state index in [2.05, 4.69) is 0 Å². The molecule has 2 nitrogen and oxygen atoms in total. The van der Waals surface area contributed by atoms with Crippen LogP contribution in [0.25, 0.3) is 0 Å². The largest absolute Gasteiger partial charge is 0.395 e. The van der Waals surface area contributed by atoms with E-state index in [0.29, 0.717) is 5.56 Å². The predicted octanol–water partition coefficient (Wildman–Crippen LogP) is 1.07. The van der Waals surface area contributed by atoms with Crippen molar-refractivity contribution >= 4 is 0 Å². The summed E-state index contributed by atoms with van der Waals surface area (Å²) in [6, 6.07) is 6.15. The highest BCUT2D eigenvalue weighted by Gasteiger charge is 2.27. The fourth-order valence-corrected chi connectivity index (χ4v) is 1.17. The average molecular weight is 184 g/mol. The van der Waals surface area contributed by atoms with Gasteiger partial charge in [0.25, 0.3) is 0 Å². The average Bonchev–Trinajstić information content (AvgIpc) is 2.17. The van der Waals surface area contributed by atoms with E-state index in [1.165, 1.54) is 6.07 Å². The van der Waals surface area contributed by atoms with Crippen LogP contribution >= 0.6 is 0 Å². The SMILES string of the molecule is CC(CO)(CO)c1ccccc1F. The van der Waals surface area contributed by atoms with Crippen molar-refractivity contribution in [2.75, 3.05) is 13.2 Å². The van der Waals surface area contributed by atoms with Gasteiger partial charge in [0.1, 0.15) is 5.82 Å². The quantitative estimate of drug-likeness (QED) is 0.737. The topological polar surface area (TPSA) is 40.5 Å². The minimum Gasteiger partial charge on any atom is -0.395 e. The van der Waals surface area contributed by atoms with Crippen LogP contribution in [-0.4, -0.2) is 23.4 Å². The van der Waals surface area contributed by atoms with Gasteiger partial charge in [-0.2, -0.15) is 0 Å². The van der Waals surface area contributed by atoms with Gasteiger partial charge in [-0.15, -0.1) is 0 Å². The lowest BCUT2D eigenvalue weighted by atomic mass is 9.84. The van der Waals surface area contributed by atoms with Crippen molar-refractivity contribution in [1.29, 1.82) is 0 Å². The minimum atomic E-state index is -0.897. The Morgan fingerprint density at radius 2 is 1.77 bits per heavy atom. The van der Waals surface area contributed by atoms with Gasteiger partial charge in [0.2, 0.25) is 0 Å². The van der Waals surface area contributed by atoms with Crippen LogP contribution in [-0.2, 0) is 5.41 Å². The molecule has 0 aliphatic heterocycles. The summed E-state index contributed by atoms with van der Waals surface area (Å²) in [6.07, 6.45) is 0. The number of aliphatic hydroxyl groups excluding tert-OH is 2. The Labute approximate surface area is 76.6 Å². The molecule has 1 aromatic carbocycles. The molecule has 0 spiro atoms. The van der Waals surface area contributed by atoms with Gasteiger partial charge in [-0.25, -0.2) is 4.39 Å². The van der Waals surface area contributed by atoms with Crippen molar-refractivity contribution in [3.63, 3.8) is 0 Å². The second kappa shape index (κ2) is 3.85. The van der Waals surface area contributed by atoms with Gasteiger partial charge in [-0.05, 0) is 11.6 Å². The third kappa shape index (κ3) is 1.87. The molecule has 0 aliphatic rings. The Kier molecular flexibility index (Phi) is 3.01. The summed E-state index contributed by atoms with van der Waals surface area (Å²) in [5.74, 6) is -0.395. The maximum Gasteiger partial charge on any atom is 0.127 e. The Bertz CT molecular complexity index is 282. The molecule has 0 saturated carbocycles. The zero-order chi connectivity index (χ0) is 9.90. The Balaban J connectivity index is 3.12. The van der Waals surface area contributed by atoms with Gasteiger partial charge in [0.15, 0.2) is 0 Å². The third-order valence-corrected chi connectivity index (χ3v) is 2.22. The van der Waals surface area contributed by atoms with Crippen LogP contribution in [0, 0.1) is 5.82 Å². The van der Waals surface area contributed by atoms with Crippen LogP contribution in [0.3, 0.4) is 0 Å². The van der Waals surface area contributed by atoms with Gasteiger partial charge in [0.05, 0.1) is 13.2 Å².